The molecule has 0 aliphatic rings. The first-order valence-electron chi connectivity index (χ1n) is 12.5. The molecule has 3 aromatic heterocycles. The molecule has 2 aromatic carbocycles. The molecular weight excluding hydrogens is 520 g/mol. The molecule has 5 aromatic rings. The molecule has 0 unspecified atom stereocenters. The van der Waals surface area contributed by atoms with Gasteiger partial charge in [-0.3, -0.25) is 13.9 Å². The second-order valence-electron chi connectivity index (χ2n) is 9.49. The highest BCUT2D eigenvalue weighted by Gasteiger charge is 2.32. The van der Waals surface area contributed by atoms with E-state index in [4.69, 9.17) is 4.74 Å². The number of methoxy groups -OCH3 is 1. The van der Waals surface area contributed by atoms with E-state index < -0.39 is 26.6 Å². The number of aromatic nitrogens is 5. The fraction of sp³-hybridized carbons (Fsp3) is 0.296. The van der Waals surface area contributed by atoms with Crippen LogP contribution in [0.25, 0.3) is 27.8 Å². The van der Waals surface area contributed by atoms with E-state index in [2.05, 4.69) is 9.71 Å². The number of amides is 1. The van der Waals surface area contributed by atoms with E-state index in [1.807, 2.05) is 55.1 Å². The second-order valence-corrected chi connectivity index (χ2v) is 11.1. The van der Waals surface area contributed by atoms with Gasteiger partial charge in [0.2, 0.25) is 10.9 Å². The molecule has 1 amide bonds. The largest absolute Gasteiger partial charge is 0.468 e. The smallest absolute Gasteiger partial charge is 0.335 e. The van der Waals surface area contributed by atoms with Gasteiger partial charge in [0.25, 0.3) is 16.0 Å². The number of carbonyl (C=O) groups excluding carboxylic acids is 1. The number of hydrogen-bond acceptors (Lipinski definition) is 6. The van der Waals surface area contributed by atoms with Gasteiger partial charge >= 0.3 is 5.69 Å². The summed E-state index contributed by atoms with van der Waals surface area (Å²) in [6, 6.07) is 13.2. The summed E-state index contributed by atoms with van der Waals surface area (Å²) in [4.78, 5) is 30.5. The van der Waals surface area contributed by atoms with Gasteiger partial charge in [-0.15, -0.1) is 0 Å². The Hall–Kier alpha value is -4.32. The molecule has 0 spiro atoms. The Morgan fingerprint density at radius 2 is 1.74 bits per heavy atom. The monoisotopic (exact) mass is 550 g/mol. The summed E-state index contributed by atoms with van der Waals surface area (Å²) in [5, 5.41) is 0.588. The SMILES string of the molecule is CCCC(=O)NS(=O)(=O)c1nc(OC)n(C)c1-n1c(=O)n(Cc2cn(C)c3cccc(C)c23)c2ccccc21. The number of rotatable bonds is 8. The maximum atomic E-state index is 14.1. The quantitative estimate of drug-likeness (QED) is 0.317. The number of sulfonamides is 1. The van der Waals surface area contributed by atoms with Crippen molar-refractivity contribution in [1.29, 1.82) is 0 Å². The molecule has 204 valence electrons. The maximum absolute atomic E-state index is 14.1. The number of ether oxygens (including phenoxy) is 1. The highest BCUT2D eigenvalue weighted by Crippen LogP contribution is 2.29. The van der Waals surface area contributed by atoms with Crippen LogP contribution in [0.4, 0.5) is 0 Å². The van der Waals surface area contributed by atoms with Crippen LogP contribution in [0, 0.1) is 6.92 Å². The van der Waals surface area contributed by atoms with Crippen LogP contribution in [-0.4, -0.2) is 44.7 Å². The van der Waals surface area contributed by atoms with E-state index in [1.165, 1.54) is 16.2 Å². The minimum absolute atomic E-state index is 0.0262. The molecule has 0 aliphatic heterocycles. The molecule has 0 radical (unpaired) electrons. The van der Waals surface area contributed by atoms with Crippen molar-refractivity contribution in [2.75, 3.05) is 7.11 Å². The van der Waals surface area contributed by atoms with Crippen LogP contribution in [0.5, 0.6) is 6.01 Å². The third kappa shape index (κ3) is 4.30. The lowest BCUT2D eigenvalue weighted by molar-refractivity contribution is -0.119. The zero-order valence-electron chi connectivity index (χ0n) is 22.4. The second kappa shape index (κ2) is 9.77. The van der Waals surface area contributed by atoms with Crippen LogP contribution < -0.4 is 15.1 Å². The van der Waals surface area contributed by atoms with Crippen molar-refractivity contribution >= 4 is 37.9 Å². The van der Waals surface area contributed by atoms with Crippen LogP contribution >= 0.6 is 0 Å². The number of imidazole rings is 2. The first-order chi connectivity index (χ1) is 18.6. The van der Waals surface area contributed by atoms with Crippen LogP contribution in [0.15, 0.2) is 58.5 Å². The Bertz CT molecular complexity index is 1910. The van der Waals surface area contributed by atoms with Gasteiger partial charge < -0.3 is 9.30 Å². The molecule has 0 saturated heterocycles. The van der Waals surface area contributed by atoms with Gasteiger partial charge in [0, 0.05) is 37.6 Å². The van der Waals surface area contributed by atoms with Crippen molar-refractivity contribution in [3.05, 3.63) is 70.3 Å². The first-order valence-corrected chi connectivity index (χ1v) is 14.0. The number of para-hydroxylation sites is 2. The molecule has 0 aliphatic carbocycles. The zero-order chi connectivity index (χ0) is 28.1. The number of nitrogens with zero attached hydrogens (tertiary/aromatic N) is 5. The molecule has 0 saturated carbocycles. The van der Waals surface area contributed by atoms with E-state index in [-0.39, 0.29) is 24.8 Å². The molecule has 3 heterocycles. The van der Waals surface area contributed by atoms with E-state index in [0.29, 0.717) is 17.5 Å². The summed E-state index contributed by atoms with van der Waals surface area (Å²) in [5.74, 6) is -0.688. The van der Waals surface area contributed by atoms with Crippen molar-refractivity contribution in [2.45, 2.75) is 38.3 Å². The van der Waals surface area contributed by atoms with E-state index in [0.717, 1.165) is 22.0 Å². The Kier molecular flexibility index (Phi) is 6.59. The summed E-state index contributed by atoms with van der Waals surface area (Å²) in [6.45, 7) is 4.07. The highest BCUT2D eigenvalue weighted by molar-refractivity contribution is 7.90. The Labute approximate surface area is 225 Å². The van der Waals surface area contributed by atoms with Gasteiger partial charge in [0.15, 0.2) is 5.82 Å². The fourth-order valence-corrected chi connectivity index (χ4v) is 6.28. The summed E-state index contributed by atoms with van der Waals surface area (Å²) in [5.41, 5.74) is 3.75. The number of hydrogen-bond donors (Lipinski definition) is 1. The van der Waals surface area contributed by atoms with Crippen LogP contribution in [0.3, 0.4) is 0 Å². The van der Waals surface area contributed by atoms with Crippen LogP contribution in [0.1, 0.15) is 30.9 Å². The standard InChI is InChI=1S/C27H30N6O5S/c1-6-10-22(34)29-39(36,37)24-25(31(4)26(28-24)38-5)33-20-13-8-7-12-19(20)32(27(33)35)16-18-15-30(3)21-14-9-11-17(2)23(18)21/h7-9,11-15H,6,10,16H2,1-5H3,(H,29,34). The first kappa shape index (κ1) is 26.3. The molecule has 5 rings (SSSR count). The van der Waals surface area contributed by atoms with E-state index in [1.54, 1.807) is 30.7 Å². The Balaban J connectivity index is 1.75. The number of fused-ring (bicyclic) bond motifs is 2. The van der Waals surface area contributed by atoms with E-state index in [9.17, 15) is 18.0 Å². The van der Waals surface area contributed by atoms with Crippen LogP contribution in [0.2, 0.25) is 0 Å². The molecule has 1 N–H and O–H groups in total. The lowest BCUT2D eigenvalue weighted by atomic mass is 10.1. The zero-order valence-corrected chi connectivity index (χ0v) is 23.2. The molecular formula is C27H30N6O5S. The minimum atomic E-state index is -4.42. The normalized spacial score (nSPS) is 11.9. The maximum Gasteiger partial charge on any atom is 0.335 e. The molecule has 39 heavy (non-hydrogen) atoms. The Morgan fingerprint density at radius 1 is 1.05 bits per heavy atom. The lowest BCUT2D eigenvalue weighted by Crippen LogP contribution is -2.32. The number of carbonyl (C=O) groups is 1. The molecule has 0 fully saturated rings. The highest BCUT2D eigenvalue weighted by atomic mass is 32.2. The summed E-state index contributed by atoms with van der Waals surface area (Å²) >= 11 is 0. The number of nitrogens with one attached hydrogen (secondary N) is 1. The molecule has 0 atom stereocenters. The van der Waals surface area contributed by atoms with Gasteiger partial charge in [-0.25, -0.2) is 14.1 Å². The topological polar surface area (TPSA) is 122 Å². The molecule has 12 heteroatoms. The van der Waals surface area contributed by atoms with Gasteiger partial charge in [-0.1, -0.05) is 31.2 Å². The van der Waals surface area contributed by atoms with Gasteiger partial charge in [-0.05, 0) is 42.7 Å². The van der Waals surface area contributed by atoms with Gasteiger partial charge in [-0.2, -0.15) is 13.4 Å². The predicted octanol–water partition coefficient (Wildman–Crippen LogP) is 2.99. The van der Waals surface area contributed by atoms with Crippen molar-refractivity contribution in [3.8, 4) is 11.8 Å². The average Bonchev–Trinajstić information content (AvgIpc) is 3.49. The average molecular weight is 551 g/mol. The summed E-state index contributed by atoms with van der Waals surface area (Å²) < 4.78 is 40.4. The summed E-state index contributed by atoms with van der Waals surface area (Å²) in [7, 11) is 0.450. The van der Waals surface area contributed by atoms with Gasteiger partial charge in [0.05, 0.1) is 24.7 Å². The fourth-order valence-electron chi connectivity index (χ4n) is 5.12. The van der Waals surface area contributed by atoms with Crippen molar-refractivity contribution in [2.24, 2.45) is 14.1 Å². The minimum Gasteiger partial charge on any atom is -0.468 e. The van der Waals surface area contributed by atoms with Gasteiger partial charge in [0.1, 0.15) is 0 Å². The predicted molar refractivity (Wildman–Crippen MR) is 148 cm³/mol. The number of benzene rings is 2. The van der Waals surface area contributed by atoms with Crippen molar-refractivity contribution < 1.29 is 17.9 Å². The Morgan fingerprint density at radius 3 is 2.44 bits per heavy atom. The molecule has 11 nitrogen and oxygen atoms in total. The van der Waals surface area contributed by atoms with Crippen molar-refractivity contribution in [3.63, 3.8) is 0 Å². The molecule has 0 bridgehead atoms. The van der Waals surface area contributed by atoms with Crippen molar-refractivity contribution in [1.82, 2.24) is 28.0 Å². The lowest BCUT2D eigenvalue weighted by Gasteiger charge is -2.09. The van der Waals surface area contributed by atoms with E-state index >= 15 is 0 Å². The third-order valence-electron chi connectivity index (χ3n) is 6.83. The number of aryl methyl sites for hydroxylation is 2. The summed E-state index contributed by atoms with van der Waals surface area (Å²) in [6.07, 6.45) is 2.51. The van der Waals surface area contributed by atoms with Crippen LogP contribution in [-0.2, 0) is 35.5 Å². The third-order valence-corrected chi connectivity index (χ3v) is 8.11.